The third kappa shape index (κ3) is 4.25. The van der Waals surface area contributed by atoms with E-state index >= 15 is 0 Å². The first-order valence-corrected chi connectivity index (χ1v) is 8.51. The highest BCUT2D eigenvalue weighted by molar-refractivity contribution is 7.99. The van der Waals surface area contributed by atoms with E-state index in [1.54, 1.807) is 36.9 Å². The zero-order valence-electron chi connectivity index (χ0n) is 13.1. The smallest absolute Gasteiger partial charge is 0.326 e. The number of nitrogens with one attached hydrogen (secondary N) is 2. The van der Waals surface area contributed by atoms with Gasteiger partial charge in [-0.2, -0.15) is 0 Å². The summed E-state index contributed by atoms with van der Waals surface area (Å²) in [5.74, 6) is -1.07. The molecule has 124 valence electrons. The van der Waals surface area contributed by atoms with Gasteiger partial charge in [-0.3, -0.25) is 9.59 Å². The Morgan fingerprint density at radius 1 is 1.43 bits per heavy atom. The molecule has 0 aliphatic carbocycles. The first-order chi connectivity index (χ1) is 10.9. The summed E-state index contributed by atoms with van der Waals surface area (Å²) in [6.45, 7) is 3.66. The summed E-state index contributed by atoms with van der Waals surface area (Å²) in [5, 5.41) is 14.6. The van der Waals surface area contributed by atoms with Crippen molar-refractivity contribution in [2.24, 2.45) is 5.92 Å². The maximum absolute atomic E-state index is 12.3. The molecule has 3 N–H and O–H groups in total. The summed E-state index contributed by atoms with van der Waals surface area (Å²) in [5.41, 5.74) is 0.932. The second-order valence-corrected chi connectivity index (χ2v) is 6.67. The largest absolute Gasteiger partial charge is 0.480 e. The summed E-state index contributed by atoms with van der Waals surface area (Å²) in [4.78, 5) is 36.2. The summed E-state index contributed by atoms with van der Waals surface area (Å²) in [6, 6.07) is 4.08. The lowest BCUT2D eigenvalue weighted by molar-refractivity contribution is -0.140. The van der Waals surface area contributed by atoms with E-state index in [4.69, 9.17) is 0 Å². The first kappa shape index (κ1) is 17.3. The van der Waals surface area contributed by atoms with E-state index in [2.05, 4.69) is 10.6 Å². The average molecular weight is 336 g/mol. The third-order valence-corrected chi connectivity index (χ3v) is 4.94. The monoisotopic (exact) mass is 336 g/mol. The molecule has 1 aromatic carbocycles. The lowest BCUT2D eigenvalue weighted by Crippen LogP contribution is -2.45. The molecule has 1 aliphatic heterocycles. The van der Waals surface area contributed by atoms with Crippen LogP contribution in [0.2, 0.25) is 0 Å². The van der Waals surface area contributed by atoms with E-state index < -0.39 is 17.9 Å². The van der Waals surface area contributed by atoms with Crippen LogP contribution in [0.25, 0.3) is 0 Å². The maximum Gasteiger partial charge on any atom is 0.326 e. The Balaban J connectivity index is 2.19. The molecule has 1 heterocycles. The number of carbonyl (C=O) groups is 3. The van der Waals surface area contributed by atoms with Gasteiger partial charge in [-0.15, -0.1) is 11.8 Å². The van der Waals surface area contributed by atoms with E-state index in [9.17, 15) is 19.5 Å². The minimum atomic E-state index is -1.05. The molecule has 0 aromatic heterocycles. The Labute approximate surface area is 139 Å². The molecule has 0 spiro atoms. The SMILES string of the molecule is CC[C@H](C)[C@H](NC(=O)c1ccc2c(c1)NC(=O)CCS2)C(=O)O. The molecule has 0 saturated heterocycles. The zero-order chi connectivity index (χ0) is 17.0. The number of carbonyl (C=O) groups excluding carboxylic acids is 2. The Morgan fingerprint density at radius 3 is 2.83 bits per heavy atom. The topological polar surface area (TPSA) is 95.5 Å². The molecule has 0 saturated carbocycles. The number of hydrogen-bond acceptors (Lipinski definition) is 4. The fourth-order valence-electron chi connectivity index (χ4n) is 2.27. The van der Waals surface area contributed by atoms with Crippen LogP contribution in [0.5, 0.6) is 0 Å². The number of thioether (sulfide) groups is 1. The van der Waals surface area contributed by atoms with E-state index in [1.165, 1.54) is 0 Å². The van der Waals surface area contributed by atoms with Crippen LogP contribution in [0, 0.1) is 5.92 Å². The van der Waals surface area contributed by atoms with Gasteiger partial charge in [-0.05, 0) is 24.1 Å². The van der Waals surface area contributed by atoms with Crippen LogP contribution < -0.4 is 10.6 Å². The summed E-state index contributed by atoms with van der Waals surface area (Å²) in [7, 11) is 0. The van der Waals surface area contributed by atoms with Gasteiger partial charge >= 0.3 is 5.97 Å². The number of anilines is 1. The summed E-state index contributed by atoms with van der Waals surface area (Å²) in [6.07, 6.45) is 1.07. The van der Waals surface area contributed by atoms with Gasteiger partial charge < -0.3 is 15.7 Å². The van der Waals surface area contributed by atoms with Crippen LogP contribution in [0.4, 0.5) is 5.69 Å². The van der Waals surface area contributed by atoms with Crippen molar-refractivity contribution in [2.75, 3.05) is 11.1 Å². The molecule has 0 bridgehead atoms. The molecule has 2 atom stereocenters. The van der Waals surface area contributed by atoms with E-state index in [0.717, 1.165) is 4.90 Å². The molecule has 2 amide bonds. The van der Waals surface area contributed by atoms with Gasteiger partial charge in [-0.25, -0.2) is 4.79 Å². The summed E-state index contributed by atoms with van der Waals surface area (Å²) < 4.78 is 0. The molecular formula is C16H20N2O4S. The van der Waals surface area contributed by atoms with Crippen LogP contribution in [0.3, 0.4) is 0 Å². The number of amides is 2. The molecule has 23 heavy (non-hydrogen) atoms. The number of benzene rings is 1. The Hall–Kier alpha value is -2.02. The van der Waals surface area contributed by atoms with Gasteiger partial charge in [0.05, 0.1) is 5.69 Å². The van der Waals surface area contributed by atoms with Gasteiger partial charge in [0, 0.05) is 22.6 Å². The number of carboxylic acids is 1. The minimum Gasteiger partial charge on any atom is -0.480 e. The van der Waals surface area contributed by atoms with Crippen LogP contribution in [0.1, 0.15) is 37.0 Å². The third-order valence-electron chi connectivity index (χ3n) is 3.87. The minimum absolute atomic E-state index is 0.0863. The second-order valence-electron chi connectivity index (χ2n) is 5.53. The standard InChI is InChI=1S/C16H20N2O4S/c1-3-9(2)14(16(21)22)18-15(20)10-4-5-12-11(8-10)17-13(19)6-7-23-12/h4-5,8-9,14H,3,6-7H2,1-2H3,(H,17,19)(H,18,20)(H,21,22)/t9-,14-/m0/s1. The molecule has 0 fully saturated rings. The fourth-order valence-corrected chi connectivity index (χ4v) is 3.21. The maximum atomic E-state index is 12.3. The van der Waals surface area contributed by atoms with E-state index in [-0.39, 0.29) is 11.8 Å². The van der Waals surface area contributed by atoms with Gasteiger partial charge in [0.2, 0.25) is 5.91 Å². The normalized spacial score (nSPS) is 16.5. The Kier molecular flexibility index (Phi) is 5.65. The number of hydrogen-bond donors (Lipinski definition) is 3. The predicted octanol–water partition coefficient (Wildman–Crippen LogP) is 2.35. The van der Waals surface area contributed by atoms with Crippen LogP contribution in [0.15, 0.2) is 23.1 Å². The lowest BCUT2D eigenvalue weighted by Gasteiger charge is -2.20. The van der Waals surface area contributed by atoms with Crippen LogP contribution in [-0.2, 0) is 9.59 Å². The van der Waals surface area contributed by atoms with Gasteiger partial charge in [0.25, 0.3) is 5.91 Å². The second kappa shape index (κ2) is 7.50. The van der Waals surface area contributed by atoms with Crippen LogP contribution >= 0.6 is 11.8 Å². The molecule has 6 nitrogen and oxygen atoms in total. The van der Waals surface area contributed by atoms with Crippen molar-refractivity contribution in [1.82, 2.24) is 5.32 Å². The van der Waals surface area contributed by atoms with Gasteiger partial charge in [-0.1, -0.05) is 20.3 Å². The van der Waals surface area contributed by atoms with Crippen molar-refractivity contribution < 1.29 is 19.5 Å². The highest BCUT2D eigenvalue weighted by Crippen LogP contribution is 2.31. The fraction of sp³-hybridized carbons (Fsp3) is 0.438. The first-order valence-electron chi connectivity index (χ1n) is 7.52. The van der Waals surface area contributed by atoms with Crippen molar-refractivity contribution in [3.63, 3.8) is 0 Å². The van der Waals surface area contributed by atoms with E-state index in [0.29, 0.717) is 29.8 Å². The number of aliphatic carboxylic acids is 1. The van der Waals surface area contributed by atoms with Crippen molar-refractivity contribution in [1.29, 1.82) is 0 Å². The van der Waals surface area contributed by atoms with E-state index in [1.807, 2.05) is 6.92 Å². The van der Waals surface area contributed by atoms with Crippen molar-refractivity contribution in [3.05, 3.63) is 23.8 Å². The van der Waals surface area contributed by atoms with Crippen molar-refractivity contribution >= 4 is 35.2 Å². The Bertz CT molecular complexity index is 633. The zero-order valence-corrected chi connectivity index (χ0v) is 13.9. The quantitative estimate of drug-likeness (QED) is 0.767. The highest BCUT2D eigenvalue weighted by atomic mass is 32.2. The Morgan fingerprint density at radius 2 is 2.17 bits per heavy atom. The lowest BCUT2D eigenvalue weighted by atomic mass is 9.99. The van der Waals surface area contributed by atoms with Gasteiger partial charge in [0.15, 0.2) is 0 Å². The average Bonchev–Trinajstić information content (AvgIpc) is 2.70. The molecule has 0 unspecified atom stereocenters. The molecule has 1 aromatic rings. The molecule has 7 heteroatoms. The van der Waals surface area contributed by atoms with Crippen molar-refractivity contribution in [2.45, 2.75) is 37.6 Å². The molecule has 1 aliphatic rings. The highest BCUT2D eigenvalue weighted by Gasteiger charge is 2.26. The number of fused-ring (bicyclic) bond motifs is 1. The molecule has 0 radical (unpaired) electrons. The molecular weight excluding hydrogens is 316 g/mol. The predicted molar refractivity (Wildman–Crippen MR) is 88.8 cm³/mol. The molecule has 2 rings (SSSR count). The van der Waals surface area contributed by atoms with Gasteiger partial charge in [0.1, 0.15) is 6.04 Å². The summed E-state index contributed by atoms with van der Waals surface area (Å²) >= 11 is 1.55. The number of carboxylic acid groups (broad SMARTS) is 1. The van der Waals surface area contributed by atoms with Crippen LogP contribution in [-0.4, -0.2) is 34.7 Å². The van der Waals surface area contributed by atoms with Crippen molar-refractivity contribution in [3.8, 4) is 0 Å². The number of rotatable bonds is 5.